The van der Waals surface area contributed by atoms with Crippen molar-refractivity contribution in [3.8, 4) is 0 Å². The topological polar surface area (TPSA) is 58.9 Å². The Labute approximate surface area is 116 Å². The summed E-state index contributed by atoms with van der Waals surface area (Å²) in [5, 5.41) is 0. The second-order valence-corrected chi connectivity index (χ2v) is 4.33. The van der Waals surface area contributed by atoms with Crippen LogP contribution in [0.3, 0.4) is 0 Å². The Morgan fingerprint density at radius 1 is 0.950 bits per heavy atom. The number of carbonyl (C=O) groups excluding carboxylic acids is 2. The van der Waals surface area contributed by atoms with Crippen molar-refractivity contribution < 1.29 is 9.59 Å². The summed E-state index contributed by atoms with van der Waals surface area (Å²) < 4.78 is 0. The molecule has 0 aliphatic rings. The average Bonchev–Trinajstić information content (AvgIpc) is 2.45. The number of hydrogen-bond donors (Lipinski definition) is 0. The smallest absolute Gasteiger partial charge is 0.211 e. The van der Waals surface area contributed by atoms with Crippen LogP contribution in [0.15, 0.2) is 52.4 Å². The molecule has 0 amide bonds. The fourth-order valence-corrected chi connectivity index (χ4v) is 1.97. The summed E-state index contributed by atoms with van der Waals surface area (Å²) in [6, 6.07) is 13.1. The van der Waals surface area contributed by atoms with Crippen molar-refractivity contribution in [2.45, 2.75) is 13.3 Å². The first-order valence-electron chi connectivity index (χ1n) is 6.08. The van der Waals surface area contributed by atoms with Gasteiger partial charge in [0.15, 0.2) is 0 Å². The van der Waals surface area contributed by atoms with Crippen molar-refractivity contribution in [2.75, 3.05) is 0 Å². The molecule has 0 saturated heterocycles. The van der Waals surface area contributed by atoms with Crippen molar-refractivity contribution in [1.29, 1.82) is 0 Å². The van der Waals surface area contributed by atoms with Crippen LogP contribution in [0.5, 0.6) is 0 Å². The van der Waals surface area contributed by atoms with Gasteiger partial charge in [0.1, 0.15) is 0 Å². The van der Waals surface area contributed by atoms with Crippen molar-refractivity contribution >= 4 is 23.5 Å². The van der Waals surface area contributed by atoms with E-state index in [0.717, 1.165) is 16.7 Å². The monoisotopic (exact) mass is 264 g/mol. The zero-order valence-corrected chi connectivity index (χ0v) is 11.0. The molecule has 0 unspecified atom stereocenters. The van der Waals surface area contributed by atoms with E-state index in [1.807, 2.05) is 43.3 Å². The number of aryl methyl sites for hydroxylation is 1. The summed E-state index contributed by atoms with van der Waals surface area (Å²) in [5.74, 6) is 0. The molecular weight excluding hydrogens is 252 g/mol. The number of para-hydroxylation sites is 1. The molecular formula is C16H12N2O2. The van der Waals surface area contributed by atoms with Gasteiger partial charge in [0.2, 0.25) is 12.2 Å². The van der Waals surface area contributed by atoms with Gasteiger partial charge in [0.05, 0.1) is 11.4 Å². The molecule has 4 heteroatoms. The van der Waals surface area contributed by atoms with Crippen molar-refractivity contribution in [3.63, 3.8) is 0 Å². The summed E-state index contributed by atoms with van der Waals surface area (Å²) in [6.45, 7) is 1.88. The number of benzene rings is 2. The molecule has 2 aromatic rings. The van der Waals surface area contributed by atoms with E-state index in [4.69, 9.17) is 0 Å². The molecule has 0 radical (unpaired) electrons. The van der Waals surface area contributed by atoms with Gasteiger partial charge in [-0.2, -0.15) is 9.98 Å². The third kappa shape index (κ3) is 3.15. The minimum absolute atomic E-state index is 0.600. The Hall–Kier alpha value is -2.80. The fraction of sp³-hybridized carbons (Fsp3) is 0.125. The van der Waals surface area contributed by atoms with E-state index in [9.17, 15) is 9.59 Å². The Morgan fingerprint density at radius 2 is 1.65 bits per heavy atom. The zero-order valence-electron chi connectivity index (χ0n) is 11.0. The third-order valence-corrected chi connectivity index (χ3v) is 2.99. The predicted molar refractivity (Wildman–Crippen MR) is 76.0 cm³/mol. The second-order valence-electron chi connectivity index (χ2n) is 4.33. The van der Waals surface area contributed by atoms with Crippen LogP contribution < -0.4 is 0 Å². The largest absolute Gasteiger partial charge is 0.240 e. The molecule has 2 rings (SSSR count). The van der Waals surface area contributed by atoms with Crippen molar-refractivity contribution in [3.05, 3.63) is 59.2 Å². The lowest BCUT2D eigenvalue weighted by Crippen LogP contribution is -1.89. The molecule has 0 spiro atoms. The molecule has 0 heterocycles. The summed E-state index contributed by atoms with van der Waals surface area (Å²) >= 11 is 0. The molecule has 0 bridgehead atoms. The highest BCUT2D eigenvalue weighted by Crippen LogP contribution is 2.25. The van der Waals surface area contributed by atoms with Crippen LogP contribution in [0.1, 0.15) is 16.7 Å². The molecule has 2 aromatic carbocycles. The number of hydrogen-bond acceptors (Lipinski definition) is 4. The van der Waals surface area contributed by atoms with E-state index in [1.165, 1.54) is 0 Å². The zero-order chi connectivity index (χ0) is 14.4. The lowest BCUT2D eigenvalue weighted by molar-refractivity contribution is 0.564. The number of isocyanates is 2. The second kappa shape index (κ2) is 6.39. The molecule has 4 nitrogen and oxygen atoms in total. The maximum absolute atomic E-state index is 10.4. The van der Waals surface area contributed by atoms with Gasteiger partial charge in [0, 0.05) is 0 Å². The Kier molecular flexibility index (Phi) is 4.35. The SMILES string of the molecule is Cc1ccc(Cc2ccccc2N=C=O)cc1N=C=O. The number of nitrogens with zero attached hydrogens (tertiary/aromatic N) is 2. The summed E-state index contributed by atoms with van der Waals surface area (Å²) in [7, 11) is 0. The van der Waals surface area contributed by atoms with E-state index in [0.29, 0.717) is 17.8 Å². The fourth-order valence-electron chi connectivity index (χ4n) is 1.97. The van der Waals surface area contributed by atoms with E-state index in [-0.39, 0.29) is 0 Å². The molecule has 0 atom stereocenters. The highest BCUT2D eigenvalue weighted by atomic mass is 16.1. The van der Waals surface area contributed by atoms with Crippen molar-refractivity contribution in [2.24, 2.45) is 9.98 Å². The van der Waals surface area contributed by atoms with Gasteiger partial charge in [-0.1, -0.05) is 30.3 Å². The van der Waals surface area contributed by atoms with E-state index in [2.05, 4.69) is 9.98 Å². The lowest BCUT2D eigenvalue weighted by Gasteiger charge is -2.06. The van der Waals surface area contributed by atoms with Crippen LogP contribution in [0.2, 0.25) is 0 Å². The van der Waals surface area contributed by atoms with Crippen LogP contribution in [0.4, 0.5) is 11.4 Å². The molecule has 0 fully saturated rings. The van der Waals surface area contributed by atoms with E-state index >= 15 is 0 Å². The Balaban J connectivity index is 2.37. The van der Waals surface area contributed by atoms with Gasteiger partial charge < -0.3 is 0 Å². The average molecular weight is 264 g/mol. The standard InChI is InChI=1S/C16H12N2O2/c1-12-6-7-13(9-16(12)18-11-20)8-14-4-2-3-5-15(14)17-10-19/h2-7,9H,8H2,1H3. The lowest BCUT2D eigenvalue weighted by atomic mass is 10.0. The van der Waals surface area contributed by atoms with E-state index in [1.54, 1.807) is 18.2 Å². The molecule has 0 aromatic heterocycles. The molecule has 0 N–H and O–H groups in total. The van der Waals surface area contributed by atoms with Gasteiger partial charge in [-0.3, -0.25) is 0 Å². The normalized spacial score (nSPS) is 9.45. The summed E-state index contributed by atoms with van der Waals surface area (Å²) in [6.07, 6.45) is 3.71. The summed E-state index contributed by atoms with van der Waals surface area (Å²) in [4.78, 5) is 28.2. The highest BCUT2D eigenvalue weighted by molar-refractivity contribution is 5.57. The maximum Gasteiger partial charge on any atom is 0.240 e. The molecule has 0 aliphatic carbocycles. The van der Waals surface area contributed by atoms with Crippen LogP contribution in [0, 0.1) is 6.92 Å². The molecule has 0 aliphatic heterocycles. The predicted octanol–water partition coefficient (Wildman–Crippen LogP) is 3.52. The molecule has 20 heavy (non-hydrogen) atoms. The first-order valence-corrected chi connectivity index (χ1v) is 6.08. The van der Waals surface area contributed by atoms with E-state index < -0.39 is 0 Å². The van der Waals surface area contributed by atoms with Gasteiger partial charge in [-0.15, -0.1) is 0 Å². The van der Waals surface area contributed by atoms with Crippen LogP contribution in [-0.2, 0) is 16.0 Å². The molecule has 0 saturated carbocycles. The first kappa shape index (κ1) is 13.6. The summed E-state index contributed by atoms with van der Waals surface area (Å²) in [5.41, 5.74) is 4.02. The maximum atomic E-state index is 10.4. The Morgan fingerprint density at radius 3 is 2.40 bits per heavy atom. The molecule has 98 valence electrons. The Bertz CT molecular complexity index is 725. The third-order valence-electron chi connectivity index (χ3n) is 2.99. The number of rotatable bonds is 4. The number of aliphatic imine (C=N–C) groups is 2. The minimum atomic E-state index is 0.600. The first-order chi connectivity index (χ1) is 9.74. The van der Waals surface area contributed by atoms with Crippen LogP contribution >= 0.6 is 0 Å². The van der Waals surface area contributed by atoms with Gasteiger partial charge >= 0.3 is 0 Å². The van der Waals surface area contributed by atoms with Crippen LogP contribution in [0.25, 0.3) is 0 Å². The van der Waals surface area contributed by atoms with Crippen molar-refractivity contribution in [1.82, 2.24) is 0 Å². The minimum Gasteiger partial charge on any atom is -0.211 e. The quantitative estimate of drug-likeness (QED) is 0.626. The van der Waals surface area contributed by atoms with Gasteiger partial charge in [-0.05, 0) is 42.2 Å². The van der Waals surface area contributed by atoms with Crippen LogP contribution in [-0.4, -0.2) is 12.2 Å². The van der Waals surface area contributed by atoms with Gasteiger partial charge in [0.25, 0.3) is 0 Å². The highest BCUT2D eigenvalue weighted by Gasteiger charge is 2.04. The van der Waals surface area contributed by atoms with Gasteiger partial charge in [-0.25, -0.2) is 9.59 Å².